The van der Waals surface area contributed by atoms with Crippen LogP contribution in [0.4, 0.5) is 9.39 Å². The number of ether oxygens (including phenoxy) is 1. The number of benzene rings is 1. The molecule has 0 fully saturated rings. The quantitative estimate of drug-likeness (QED) is 0.520. The van der Waals surface area contributed by atoms with Crippen molar-refractivity contribution in [3.63, 3.8) is 0 Å². The maximum absolute atomic E-state index is 13.3. The smallest absolute Gasteiger partial charge is 0.341 e. The molecule has 0 aliphatic rings. The summed E-state index contributed by atoms with van der Waals surface area (Å²) in [6.07, 6.45) is 0. The van der Waals surface area contributed by atoms with E-state index in [1.165, 1.54) is 34.8 Å². The number of rotatable bonds is 5. The lowest BCUT2D eigenvalue weighted by atomic mass is 10.0. The van der Waals surface area contributed by atoms with E-state index in [2.05, 4.69) is 5.32 Å². The van der Waals surface area contributed by atoms with Gasteiger partial charge in [-0.15, -0.1) is 22.7 Å². The number of aryl methyl sites for hydroxylation is 2. The molecule has 0 aliphatic carbocycles. The average Bonchev–Trinajstić information content (AvgIpc) is 3.15. The zero-order chi connectivity index (χ0) is 20.4. The van der Waals surface area contributed by atoms with Crippen molar-refractivity contribution in [3.8, 4) is 11.1 Å². The summed E-state index contributed by atoms with van der Waals surface area (Å²) >= 11 is 2.82. The molecule has 0 saturated carbocycles. The van der Waals surface area contributed by atoms with Gasteiger partial charge in [0.15, 0.2) is 0 Å². The minimum atomic E-state index is -0.514. The third kappa shape index (κ3) is 3.86. The fourth-order valence-electron chi connectivity index (χ4n) is 2.90. The highest BCUT2D eigenvalue weighted by molar-refractivity contribution is 7.17. The van der Waals surface area contributed by atoms with Gasteiger partial charge in [0.2, 0.25) is 0 Å². The fourth-order valence-corrected chi connectivity index (χ4v) is 4.83. The van der Waals surface area contributed by atoms with E-state index < -0.39 is 5.97 Å². The number of anilines is 1. The molecule has 4 nitrogen and oxygen atoms in total. The third-order valence-electron chi connectivity index (χ3n) is 4.45. The first-order valence-corrected chi connectivity index (χ1v) is 10.5. The highest BCUT2D eigenvalue weighted by Gasteiger charge is 2.26. The predicted molar refractivity (Wildman–Crippen MR) is 112 cm³/mol. The van der Waals surface area contributed by atoms with Crippen LogP contribution in [0, 0.1) is 26.6 Å². The Hall–Kier alpha value is -2.51. The van der Waals surface area contributed by atoms with Crippen molar-refractivity contribution in [2.45, 2.75) is 27.7 Å². The molecule has 1 aromatic carbocycles. The molecule has 2 heterocycles. The number of carbonyl (C=O) groups is 2. The Labute approximate surface area is 171 Å². The zero-order valence-corrected chi connectivity index (χ0v) is 17.6. The van der Waals surface area contributed by atoms with Crippen LogP contribution in [-0.4, -0.2) is 18.5 Å². The summed E-state index contributed by atoms with van der Waals surface area (Å²) in [5.74, 6) is -1.13. The molecule has 0 unspecified atom stereocenters. The Morgan fingerprint density at radius 2 is 1.79 bits per heavy atom. The largest absolute Gasteiger partial charge is 0.462 e. The molecule has 7 heteroatoms. The van der Waals surface area contributed by atoms with E-state index in [4.69, 9.17) is 4.74 Å². The first-order valence-electron chi connectivity index (χ1n) is 8.76. The van der Waals surface area contributed by atoms with Gasteiger partial charge in [-0.05, 0) is 51.0 Å². The Bertz CT molecular complexity index is 1030. The summed E-state index contributed by atoms with van der Waals surface area (Å²) in [4.78, 5) is 27.4. The molecule has 0 aliphatic heterocycles. The molecule has 0 radical (unpaired) electrons. The number of amides is 1. The van der Waals surface area contributed by atoms with Crippen molar-refractivity contribution >= 4 is 39.6 Å². The van der Waals surface area contributed by atoms with Gasteiger partial charge in [0.25, 0.3) is 5.91 Å². The fraction of sp³-hybridized carbons (Fsp3) is 0.238. The van der Waals surface area contributed by atoms with Crippen molar-refractivity contribution in [1.82, 2.24) is 0 Å². The highest BCUT2D eigenvalue weighted by atomic mass is 32.1. The molecule has 0 bridgehead atoms. The maximum atomic E-state index is 13.3. The Kier molecular flexibility index (Phi) is 5.96. The van der Waals surface area contributed by atoms with Gasteiger partial charge in [0.05, 0.1) is 12.2 Å². The van der Waals surface area contributed by atoms with Crippen LogP contribution in [0.1, 0.15) is 43.0 Å². The lowest BCUT2D eigenvalue weighted by Crippen LogP contribution is -2.15. The van der Waals surface area contributed by atoms with Crippen LogP contribution < -0.4 is 5.32 Å². The average molecular weight is 418 g/mol. The highest BCUT2D eigenvalue weighted by Crippen LogP contribution is 2.40. The van der Waals surface area contributed by atoms with Crippen LogP contribution in [0.3, 0.4) is 0 Å². The van der Waals surface area contributed by atoms with E-state index in [0.29, 0.717) is 27.3 Å². The van der Waals surface area contributed by atoms with Crippen LogP contribution in [0.2, 0.25) is 0 Å². The van der Waals surface area contributed by atoms with Gasteiger partial charge in [-0.2, -0.15) is 0 Å². The Morgan fingerprint density at radius 3 is 2.36 bits per heavy atom. The molecular formula is C21H20FNO3S2. The van der Waals surface area contributed by atoms with Crippen molar-refractivity contribution < 1.29 is 18.7 Å². The molecule has 3 rings (SSSR count). The standard InChI is InChI=1S/C21H20FNO3S2/c1-5-26-21(25)18-17(14-6-8-15(22)9-7-14)13(4)28-20(18)23-19(24)16-10-27-12(3)11(16)2/h6-10H,5H2,1-4H3,(H,23,24). The minimum absolute atomic E-state index is 0.215. The first-order chi connectivity index (χ1) is 13.3. The molecule has 28 heavy (non-hydrogen) atoms. The molecule has 3 aromatic rings. The van der Waals surface area contributed by atoms with Gasteiger partial charge >= 0.3 is 5.97 Å². The SMILES string of the molecule is CCOC(=O)c1c(NC(=O)c2csc(C)c2C)sc(C)c1-c1ccc(F)cc1. The monoisotopic (exact) mass is 417 g/mol. The number of halogens is 1. The van der Waals surface area contributed by atoms with E-state index in [1.807, 2.05) is 26.2 Å². The lowest BCUT2D eigenvalue weighted by molar-refractivity contribution is 0.0529. The normalized spacial score (nSPS) is 10.8. The molecule has 0 spiro atoms. The van der Waals surface area contributed by atoms with Crippen LogP contribution in [0.15, 0.2) is 29.6 Å². The number of hydrogen-bond acceptors (Lipinski definition) is 5. The number of hydrogen-bond donors (Lipinski definition) is 1. The van der Waals surface area contributed by atoms with E-state index >= 15 is 0 Å². The van der Waals surface area contributed by atoms with Crippen molar-refractivity contribution in [3.05, 3.63) is 61.9 Å². The number of esters is 1. The minimum Gasteiger partial charge on any atom is -0.462 e. The van der Waals surface area contributed by atoms with Crippen molar-refractivity contribution in [1.29, 1.82) is 0 Å². The van der Waals surface area contributed by atoms with Crippen LogP contribution in [0.25, 0.3) is 11.1 Å². The summed E-state index contributed by atoms with van der Waals surface area (Å²) in [5, 5.41) is 5.12. The second kappa shape index (κ2) is 8.24. The molecule has 0 saturated heterocycles. The van der Waals surface area contributed by atoms with Gasteiger partial charge in [-0.1, -0.05) is 12.1 Å². The van der Waals surface area contributed by atoms with Crippen LogP contribution >= 0.6 is 22.7 Å². The number of carbonyl (C=O) groups excluding carboxylic acids is 2. The predicted octanol–water partition coefficient (Wildman–Crippen LogP) is 5.97. The molecule has 1 amide bonds. The van der Waals surface area contributed by atoms with E-state index in [-0.39, 0.29) is 18.3 Å². The van der Waals surface area contributed by atoms with Crippen molar-refractivity contribution in [2.24, 2.45) is 0 Å². The molecule has 146 valence electrons. The van der Waals surface area contributed by atoms with Gasteiger partial charge < -0.3 is 10.1 Å². The summed E-state index contributed by atoms with van der Waals surface area (Å²) in [6.45, 7) is 7.67. The zero-order valence-electron chi connectivity index (χ0n) is 16.0. The number of thiophene rings is 2. The van der Waals surface area contributed by atoms with Gasteiger partial charge in [-0.3, -0.25) is 4.79 Å². The van der Waals surface area contributed by atoms with E-state index in [0.717, 1.165) is 15.3 Å². The summed E-state index contributed by atoms with van der Waals surface area (Å²) in [5.41, 5.74) is 3.16. The second-order valence-electron chi connectivity index (χ2n) is 6.25. The van der Waals surface area contributed by atoms with Gasteiger partial charge in [0.1, 0.15) is 16.4 Å². The van der Waals surface area contributed by atoms with E-state index in [1.54, 1.807) is 19.1 Å². The van der Waals surface area contributed by atoms with Gasteiger partial charge in [-0.25, -0.2) is 9.18 Å². The first kappa shape index (κ1) is 20.2. The Morgan fingerprint density at radius 1 is 1.11 bits per heavy atom. The Balaban J connectivity index is 2.07. The van der Waals surface area contributed by atoms with Crippen molar-refractivity contribution in [2.75, 3.05) is 11.9 Å². The molecule has 0 atom stereocenters. The van der Waals surface area contributed by atoms with E-state index in [9.17, 15) is 14.0 Å². The maximum Gasteiger partial charge on any atom is 0.341 e. The van der Waals surface area contributed by atoms with Crippen LogP contribution in [0.5, 0.6) is 0 Å². The van der Waals surface area contributed by atoms with Crippen LogP contribution in [-0.2, 0) is 4.74 Å². The third-order valence-corrected chi connectivity index (χ3v) is 6.49. The summed E-state index contributed by atoms with van der Waals surface area (Å²) < 4.78 is 18.6. The molecular weight excluding hydrogens is 397 g/mol. The summed E-state index contributed by atoms with van der Waals surface area (Å²) in [6, 6.07) is 5.92. The molecule has 2 aromatic heterocycles. The summed E-state index contributed by atoms with van der Waals surface area (Å²) in [7, 11) is 0. The van der Waals surface area contributed by atoms with Gasteiger partial charge in [0, 0.05) is 20.7 Å². The second-order valence-corrected chi connectivity index (χ2v) is 8.56. The number of nitrogens with one attached hydrogen (secondary N) is 1. The topological polar surface area (TPSA) is 55.4 Å². The lowest BCUT2D eigenvalue weighted by Gasteiger charge is -2.09. The molecule has 1 N–H and O–H groups in total.